The highest BCUT2D eigenvalue weighted by atomic mass is 79.9. The average molecular weight is 301 g/mol. The largest absolute Gasteiger partial charge is 0.311 e. The maximum Gasteiger partial charge on any atom is 0.0149 e. The number of rotatable bonds is 1. The first-order valence-electron chi connectivity index (χ1n) is 7.21. The topological polar surface area (TPSA) is 15.3 Å². The Kier molecular flexibility index (Phi) is 3.53. The predicted molar refractivity (Wildman–Crippen MR) is 75.6 cm³/mol. The zero-order chi connectivity index (χ0) is 12.0. The van der Waals surface area contributed by atoms with Gasteiger partial charge in [0.25, 0.3) is 0 Å². The predicted octanol–water partition coefficient (Wildman–Crippen LogP) is 2.62. The average Bonchev–Trinajstić information content (AvgIpc) is 2.66. The molecular weight excluding hydrogens is 276 g/mol. The van der Waals surface area contributed by atoms with Crippen LogP contribution in [0.15, 0.2) is 0 Å². The molecule has 0 aromatic carbocycles. The van der Waals surface area contributed by atoms with Gasteiger partial charge in [0.05, 0.1) is 0 Å². The van der Waals surface area contributed by atoms with Crippen LogP contribution in [0.5, 0.6) is 0 Å². The number of alkyl halides is 1. The summed E-state index contributed by atoms with van der Waals surface area (Å²) in [7, 11) is 4.50. The van der Waals surface area contributed by atoms with E-state index in [-0.39, 0.29) is 0 Å². The van der Waals surface area contributed by atoms with E-state index in [1.54, 1.807) is 0 Å². The SMILES string of the molecule is CN(C)C1CCC2NC3CCC(Br)CC3C2C1. The summed E-state index contributed by atoms with van der Waals surface area (Å²) in [6, 6.07) is 2.49. The molecule has 0 aromatic rings. The summed E-state index contributed by atoms with van der Waals surface area (Å²) in [5.41, 5.74) is 0. The van der Waals surface area contributed by atoms with Crippen molar-refractivity contribution in [2.75, 3.05) is 14.1 Å². The van der Waals surface area contributed by atoms with E-state index in [4.69, 9.17) is 0 Å². The Morgan fingerprint density at radius 1 is 0.941 bits per heavy atom. The van der Waals surface area contributed by atoms with E-state index in [0.29, 0.717) is 0 Å². The Bertz CT molecular complexity index is 281. The molecule has 1 heterocycles. The summed E-state index contributed by atoms with van der Waals surface area (Å²) < 4.78 is 0. The van der Waals surface area contributed by atoms with Gasteiger partial charge in [-0.2, -0.15) is 0 Å². The van der Waals surface area contributed by atoms with Crippen molar-refractivity contribution in [2.24, 2.45) is 11.8 Å². The van der Waals surface area contributed by atoms with E-state index in [2.05, 4.69) is 40.2 Å². The second kappa shape index (κ2) is 4.82. The lowest BCUT2D eigenvalue weighted by atomic mass is 9.72. The van der Waals surface area contributed by atoms with Gasteiger partial charge in [-0.1, -0.05) is 15.9 Å². The molecule has 1 N–H and O–H groups in total. The van der Waals surface area contributed by atoms with Crippen LogP contribution >= 0.6 is 15.9 Å². The fourth-order valence-corrected chi connectivity index (χ4v) is 5.13. The molecule has 2 saturated carbocycles. The van der Waals surface area contributed by atoms with Crippen LogP contribution in [0, 0.1) is 11.8 Å². The van der Waals surface area contributed by atoms with E-state index >= 15 is 0 Å². The fourth-order valence-electron chi connectivity index (χ4n) is 4.44. The molecular formula is C14H25BrN2. The first-order chi connectivity index (χ1) is 8.15. The number of nitrogens with zero attached hydrogens (tertiary/aromatic N) is 1. The van der Waals surface area contributed by atoms with Gasteiger partial charge < -0.3 is 10.2 Å². The van der Waals surface area contributed by atoms with Crippen molar-refractivity contribution in [3.63, 3.8) is 0 Å². The highest BCUT2D eigenvalue weighted by Crippen LogP contribution is 2.45. The number of hydrogen-bond acceptors (Lipinski definition) is 2. The van der Waals surface area contributed by atoms with Gasteiger partial charge in [0.2, 0.25) is 0 Å². The summed E-state index contributed by atoms with van der Waals surface area (Å²) in [5.74, 6) is 1.89. The Balaban J connectivity index is 1.71. The Labute approximate surface area is 114 Å². The van der Waals surface area contributed by atoms with Crippen LogP contribution in [-0.2, 0) is 0 Å². The summed E-state index contributed by atoms with van der Waals surface area (Å²) in [5, 5.41) is 3.94. The Morgan fingerprint density at radius 3 is 2.29 bits per heavy atom. The Hall–Kier alpha value is 0.400. The van der Waals surface area contributed by atoms with E-state index in [0.717, 1.165) is 34.8 Å². The lowest BCUT2D eigenvalue weighted by molar-refractivity contribution is 0.146. The molecule has 0 radical (unpaired) electrons. The van der Waals surface area contributed by atoms with Crippen molar-refractivity contribution >= 4 is 15.9 Å². The van der Waals surface area contributed by atoms with Crippen LogP contribution in [0.1, 0.15) is 38.5 Å². The van der Waals surface area contributed by atoms with Crippen molar-refractivity contribution in [3.05, 3.63) is 0 Å². The highest BCUT2D eigenvalue weighted by Gasteiger charge is 2.47. The monoisotopic (exact) mass is 300 g/mol. The standard InChI is InChI=1S/C14H25BrN2/c1-17(2)10-4-6-14-12(8-10)11-7-9(15)3-5-13(11)16-14/h9-14,16H,3-8H2,1-2H3. The van der Waals surface area contributed by atoms with Gasteiger partial charge in [-0.25, -0.2) is 0 Å². The second-order valence-corrected chi connectivity index (χ2v) is 7.84. The molecule has 3 aliphatic rings. The quantitative estimate of drug-likeness (QED) is 0.749. The molecule has 1 saturated heterocycles. The van der Waals surface area contributed by atoms with Gasteiger partial charge >= 0.3 is 0 Å². The van der Waals surface area contributed by atoms with Gasteiger partial charge in [-0.3, -0.25) is 0 Å². The fraction of sp³-hybridized carbons (Fsp3) is 1.00. The normalized spacial score (nSPS) is 50.1. The zero-order valence-corrected chi connectivity index (χ0v) is 12.6. The molecule has 0 amide bonds. The summed E-state index contributed by atoms with van der Waals surface area (Å²) in [4.78, 5) is 3.22. The molecule has 98 valence electrons. The minimum Gasteiger partial charge on any atom is -0.311 e. The van der Waals surface area contributed by atoms with Crippen LogP contribution in [0.2, 0.25) is 0 Å². The lowest BCUT2D eigenvalue weighted by Crippen LogP contribution is -2.41. The first-order valence-corrected chi connectivity index (χ1v) is 8.13. The molecule has 3 rings (SSSR count). The number of fused-ring (bicyclic) bond motifs is 3. The molecule has 0 bridgehead atoms. The molecule has 17 heavy (non-hydrogen) atoms. The maximum absolute atomic E-state index is 3.94. The van der Waals surface area contributed by atoms with Crippen molar-refractivity contribution in [3.8, 4) is 0 Å². The third-order valence-corrected chi connectivity index (χ3v) is 6.25. The van der Waals surface area contributed by atoms with E-state index < -0.39 is 0 Å². The second-order valence-electron chi connectivity index (χ2n) is 6.55. The van der Waals surface area contributed by atoms with Crippen LogP contribution in [0.25, 0.3) is 0 Å². The molecule has 3 heteroatoms. The van der Waals surface area contributed by atoms with Crippen molar-refractivity contribution in [1.82, 2.24) is 10.2 Å². The van der Waals surface area contributed by atoms with Crippen LogP contribution in [-0.4, -0.2) is 41.9 Å². The molecule has 3 fully saturated rings. The van der Waals surface area contributed by atoms with Crippen LogP contribution in [0.3, 0.4) is 0 Å². The molecule has 1 aliphatic heterocycles. The van der Waals surface area contributed by atoms with Crippen molar-refractivity contribution in [1.29, 1.82) is 0 Å². The maximum atomic E-state index is 3.94. The third-order valence-electron chi connectivity index (χ3n) is 5.42. The van der Waals surface area contributed by atoms with Gasteiger partial charge in [0, 0.05) is 23.0 Å². The van der Waals surface area contributed by atoms with E-state index in [1.165, 1.54) is 38.5 Å². The summed E-state index contributed by atoms with van der Waals surface area (Å²) in [6.45, 7) is 0. The smallest absolute Gasteiger partial charge is 0.0149 e. The van der Waals surface area contributed by atoms with Crippen LogP contribution < -0.4 is 5.32 Å². The van der Waals surface area contributed by atoms with Crippen molar-refractivity contribution < 1.29 is 0 Å². The molecule has 0 spiro atoms. The first kappa shape index (κ1) is 12.4. The number of halogens is 1. The van der Waals surface area contributed by atoms with Gasteiger partial charge in [-0.05, 0) is 64.5 Å². The van der Waals surface area contributed by atoms with Crippen molar-refractivity contribution in [2.45, 2.75) is 61.5 Å². The molecule has 2 aliphatic carbocycles. The van der Waals surface area contributed by atoms with Gasteiger partial charge in [0.1, 0.15) is 0 Å². The van der Waals surface area contributed by atoms with E-state index in [9.17, 15) is 0 Å². The molecule has 6 atom stereocenters. The number of hydrogen-bond donors (Lipinski definition) is 1. The summed E-state index contributed by atoms with van der Waals surface area (Å²) >= 11 is 3.85. The minimum absolute atomic E-state index is 0.782. The highest BCUT2D eigenvalue weighted by molar-refractivity contribution is 9.09. The number of nitrogens with one attached hydrogen (secondary N) is 1. The third kappa shape index (κ3) is 2.31. The van der Waals surface area contributed by atoms with Gasteiger partial charge in [-0.15, -0.1) is 0 Å². The Morgan fingerprint density at radius 2 is 1.59 bits per heavy atom. The molecule has 0 aromatic heterocycles. The molecule has 2 nitrogen and oxygen atoms in total. The minimum atomic E-state index is 0.782. The lowest BCUT2D eigenvalue weighted by Gasteiger charge is -2.38. The molecule has 6 unspecified atom stereocenters. The van der Waals surface area contributed by atoms with Crippen LogP contribution in [0.4, 0.5) is 0 Å². The van der Waals surface area contributed by atoms with E-state index in [1.807, 2.05) is 0 Å². The zero-order valence-electron chi connectivity index (χ0n) is 11.0. The van der Waals surface area contributed by atoms with Gasteiger partial charge in [0.15, 0.2) is 0 Å². The summed E-state index contributed by atoms with van der Waals surface area (Å²) in [6.07, 6.45) is 8.36.